The molecule has 18 heavy (non-hydrogen) atoms. The van der Waals surface area contributed by atoms with Crippen LogP contribution in [0.1, 0.15) is 32.6 Å². The number of nitrogens with zero attached hydrogens (tertiary/aromatic N) is 1. The number of ether oxygens (including phenoxy) is 1. The molecule has 3 heteroatoms. The van der Waals surface area contributed by atoms with Gasteiger partial charge in [-0.05, 0) is 18.6 Å². The molecule has 1 unspecified atom stereocenters. The van der Waals surface area contributed by atoms with Crippen molar-refractivity contribution >= 4 is 11.7 Å². The van der Waals surface area contributed by atoms with Crippen LogP contribution in [-0.4, -0.2) is 25.2 Å². The molecule has 1 aromatic carbocycles. The van der Waals surface area contributed by atoms with Crippen molar-refractivity contribution in [2.45, 2.75) is 38.6 Å². The van der Waals surface area contributed by atoms with Crippen LogP contribution in [0.15, 0.2) is 30.3 Å². The molecular weight excluding hydrogens is 226 g/mol. The third kappa shape index (κ3) is 3.03. The molecule has 3 nitrogen and oxygen atoms in total. The maximum Gasteiger partial charge on any atom is 0.328 e. The van der Waals surface area contributed by atoms with Crippen molar-refractivity contribution in [1.82, 2.24) is 0 Å². The summed E-state index contributed by atoms with van der Waals surface area (Å²) in [6, 6.07) is 10.1. The standard InChI is InChI=1S/C15H21NO2/c1-2-3-7-11-16(13-8-5-4-6-9-13)14-10-12-18-15(14)17/h4-6,8-9,14H,2-3,7,10-12H2,1H3. The van der Waals surface area contributed by atoms with Gasteiger partial charge in [0, 0.05) is 18.7 Å². The van der Waals surface area contributed by atoms with Gasteiger partial charge in [-0.25, -0.2) is 4.79 Å². The average Bonchev–Trinajstić information content (AvgIpc) is 2.82. The summed E-state index contributed by atoms with van der Waals surface area (Å²) in [5.74, 6) is -0.0737. The summed E-state index contributed by atoms with van der Waals surface area (Å²) in [6.07, 6.45) is 4.32. The number of benzene rings is 1. The second-order valence-corrected chi connectivity index (χ2v) is 4.71. The minimum absolute atomic E-state index is 0.0737. The SMILES string of the molecule is CCCCCN(c1ccccc1)C1CCOC1=O. The molecule has 1 heterocycles. The third-order valence-electron chi connectivity index (χ3n) is 3.37. The molecule has 1 aliphatic rings. The first-order chi connectivity index (χ1) is 8.83. The number of cyclic esters (lactones) is 1. The number of carbonyl (C=O) groups is 1. The number of unbranched alkanes of at least 4 members (excludes halogenated alkanes) is 2. The van der Waals surface area contributed by atoms with Gasteiger partial charge in [0.1, 0.15) is 6.04 Å². The molecule has 0 bridgehead atoms. The molecule has 0 spiro atoms. The summed E-state index contributed by atoms with van der Waals surface area (Å²) in [6.45, 7) is 3.68. The van der Waals surface area contributed by atoms with E-state index in [1.807, 2.05) is 18.2 Å². The average molecular weight is 247 g/mol. The van der Waals surface area contributed by atoms with Gasteiger partial charge in [0.15, 0.2) is 0 Å². The summed E-state index contributed by atoms with van der Waals surface area (Å²) in [7, 11) is 0. The van der Waals surface area contributed by atoms with Gasteiger partial charge < -0.3 is 9.64 Å². The molecule has 1 aromatic rings. The van der Waals surface area contributed by atoms with Crippen LogP contribution >= 0.6 is 0 Å². The smallest absolute Gasteiger partial charge is 0.328 e. The molecule has 1 aliphatic heterocycles. The number of hydrogen-bond acceptors (Lipinski definition) is 3. The lowest BCUT2D eigenvalue weighted by Gasteiger charge is -2.28. The molecule has 0 N–H and O–H groups in total. The van der Waals surface area contributed by atoms with Gasteiger partial charge in [-0.15, -0.1) is 0 Å². The van der Waals surface area contributed by atoms with Gasteiger partial charge in [-0.3, -0.25) is 0 Å². The van der Waals surface area contributed by atoms with E-state index in [-0.39, 0.29) is 12.0 Å². The van der Waals surface area contributed by atoms with E-state index >= 15 is 0 Å². The first kappa shape index (κ1) is 12.9. The number of rotatable bonds is 6. The van der Waals surface area contributed by atoms with Gasteiger partial charge in [0.05, 0.1) is 6.61 Å². The second kappa shape index (κ2) is 6.43. The van der Waals surface area contributed by atoms with Crippen LogP contribution in [0, 0.1) is 0 Å². The lowest BCUT2D eigenvalue weighted by molar-refractivity contribution is -0.139. The quantitative estimate of drug-likeness (QED) is 0.571. The fourth-order valence-corrected chi connectivity index (χ4v) is 2.38. The summed E-state index contributed by atoms with van der Waals surface area (Å²) in [5.41, 5.74) is 1.12. The van der Waals surface area contributed by atoms with Crippen molar-refractivity contribution in [3.63, 3.8) is 0 Å². The molecule has 0 amide bonds. The van der Waals surface area contributed by atoms with Crippen LogP contribution in [0.25, 0.3) is 0 Å². The highest BCUT2D eigenvalue weighted by Crippen LogP contribution is 2.23. The highest BCUT2D eigenvalue weighted by Gasteiger charge is 2.32. The van der Waals surface area contributed by atoms with Crippen LogP contribution in [-0.2, 0) is 9.53 Å². The normalized spacial score (nSPS) is 18.7. The summed E-state index contributed by atoms with van der Waals surface area (Å²) in [5, 5.41) is 0. The largest absolute Gasteiger partial charge is 0.464 e. The Morgan fingerprint density at radius 3 is 2.67 bits per heavy atom. The van der Waals surface area contributed by atoms with Crippen LogP contribution in [0.4, 0.5) is 5.69 Å². The number of hydrogen-bond donors (Lipinski definition) is 0. The molecule has 0 radical (unpaired) electrons. The molecule has 1 atom stereocenters. The van der Waals surface area contributed by atoms with E-state index in [2.05, 4.69) is 24.0 Å². The highest BCUT2D eigenvalue weighted by molar-refractivity contribution is 5.81. The number of anilines is 1. The fraction of sp³-hybridized carbons (Fsp3) is 0.533. The first-order valence-electron chi connectivity index (χ1n) is 6.81. The van der Waals surface area contributed by atoms with Crippen molar-refractivity contribution in [2.24, 2.45) is 0 Å². The minimum Gasteiger partial charge on any atom is -0.464 e. The molecular formula is C15H21NO2. The van der Waals surface area contributed by atoms with Crippen molar-refractivity contribution in [3.8, 4) is 0 Å². The zero-order chi connectivity index (χ0) is 12.8. The Morgan fingerprint density at radius 1 is 1.28 bits per heavy atom. The van der Waals surface area contributed by atoms with Gasteiger partial charge in [-0.2, -0.15) is 0 Å². The van der Waals surface area contributed by atoms with Crippen LogP contribution in [0.5, 0.6) is 0 Å². The Bertz CT molecular complexity index is 377. The van der Waals surface area contributed by atoms with Crippen LogP contribution in [0.3, 0.4) is 0 Å². The van der Waals surface area contributed by atoms with Gasteiger partial charge in [0.25, 0.3) is 0 Å². The van der Waals surface area contributed by atoms with Crippen molar-refractivity contribution in [2.75, 3.05) is 18.1 Å². The Morgan fingerprint density at radius 2 is 2.06 bits per heavy atom. The summed E-state index contributed by atoms with van der Waals surface area (Å²) >= 11 is 0. The van der Waals surface area contributed by atoms with Gasteiger partial charge in [-0.1, -0.05) is 38.0 Å². The Balaban J connectivity index is 2.09. The van der Waals surface area contributed by atoms with E-state index in [1.54, 1.807) is 0 Å². The fourth-order valence-electron chi connectivity index (χ4n) is 2.38. The van der Waals surface area contributed by atoms with E-state index in [1.165, 1.54) is 12.8 Å². The van der Waals surface area contributed by atoms with Crippen molar-refractivity contribution in [3.05, 3.63) is 30.3 Å². The topological polar surface area (TPSA) is 29.5 Å². The van der Waals surface area contributed by atoms with Gasteiger partial charge in [0.2, 0.25) is 0 Å². The predicted octanol–water partition coefficient (Wildman–Crippen LogP) is 3.00. The van der Waals surface area contributed by atoms with E-state index in [0.29, 0.717) is 6.61 Å². The third-order valence-corrected chi connectivity index (χ3v) is 3.37. The van der Waals surface area contributed by atoms with E-state index in [9.17, 15) is 4.79 Å². The first-order valence-corrected chi connectivity index (χ1v) is 6.81. The van der Waals surface area contributed by atoms with Crippen molar-refractivity contribution < 1.29 is 9.53 Å². The van der Waals surface area contributed by atoms with E-state index < -0.39 is 0 Å². The van der Waals surface area contributed by atoms with E-state index in [0.717, 1.165) is 25.1 Å². The Labute approximate surface area is 109 Å². The molecule has 2 rings (SSSR count). The highest BCUT2D eigenvalue weighted by atomic mass is 16.5. The zero-order valence-corrected chi connectivity index (χ0v) is 11.0. The number of esters is 1. The summed E-state index contributed by atoms with van der Waals surface area (Å²) in [4.78, 5) is 14.0. The van der Waals surface area contributed by atoms with Crippen LogP contribution in [0.2, 0.25) is 0 Å². The molecule has 0 aromatic heterocycles. The maximum atomic E-state index is 11.8. The second-order valence-electron chi connectivity index (χ2n) is 4.71. The zero-order valence-electron chi connectivity index (χ0n) is 11.0. The van der Waals surface area contributed by atoms with Crippen LogP contribution < -0.4 is 4.90 Å². The summed E-state index contributed by atoms with van der Waals surface area (Å²) < 4.78 is 5.09. The lowest BCUT2D eigenvalue weighted by Crippen LogP contribution is -2.39. The van der Waals surface area contributed by atoms with E-state index in [4.69, 9.17) is 4.74 Å². The lowest BCUT2D eigenvalue weighted by atomic mass is 10.1. The predicted molar refractivity (Wildman–Crippen MR) is 72.7 cm³/mol. The Hall–Kier alpha value is -1.51. The molecule has 0 aliphatic carbocycles. The molecule has 0 saturated carbocycles. The van der Waals surface area contributed by atoms with Crippen molar-refractivity contribution in [1.29, 1.82) is 0 Å². The van der Waals surface area contributed by atoms with Gasteiger partial charge >= 0.3 is 5.97 Å². The monoisotopic (exact) mass is 247 g/mol. The maximum absolute atomic E-state index is 11.8. The molecule has 1 fully saturated rings. The Kier molecular flexibility index (Phi) is 4.62. The minimum atomic E-state index is -0.0933. The molecule has 1 saturated heterocycles. The molecule has 98 valence electrons. The number of carbonyl (C=O) groups excluding carboxylic acids is 1. The number of para-hydroxylation sites is 1.